The number of esters is 1. The molecule has 0 aliphatic rings. The van der Waals surface area contributed by atoms with Crippen molar-refractivity contribution in [2.24, 2.45) is 0 Å². The molecule has 0 aromatic heterocycles. The van der Waals surface area contributed by atoms with Crippen LogP contribution < -0.4 is 16.0 Å². The van der Waals surface area contributed by atoms with E-state index in [-0.39, 0.29) is 24.3 Å². The lowest BCUT2D eigenvalue weighted by Gasteiger charge is -2.09. The van der Waals surface area contributed by atoms with Gasteiger partial charge >= 0.3 is 5.97 Å². The maximum absolute atomic E-state index is 12.0. The van der Waals surface area contributed by atoms with Gasteiger partial charge in [0.25, 0.3) is 5.91 Å². The number of ether oxygens (including phenoxy) is 1. The molecule has 27 heavy (non-hydrogen) atoms. The zero-order valence-electron chi connectivity index (χ0n) is 15.4. The summed E-state index contributed by atoms with van der Waals surface area (Å²) in [5.41, 5.74) is 2.30. The Labute approximate surface area is 158 Å². The van der Waals surface area contributed by atoms with E-state index in [2.05, 4.69) is 16.0 Å². The molecule has 7 heteroatoms. The highest BCUT2D eigenvalue weighted by atomic mass is 16.5. The van der Waals surface area contributed by atoms with Gasteiger partial charge in [-0.25, -0.2) is 4.79 Å². The highest BCUT2D eigenvalue weighted by Crippen LogP contribution is 2.12. The minimum atomic E-state index is -0.360. The van der Waals surface area contributed by atoms with Crippen molar-refractivity contribution in [1.29, 1.82) is 0 Å². The quantitative estimate of drug-likeness (QED) is 0.622. The molecule has 0 saturated heterocycles. The van der Waals surface area contributed by atoms with Crippen molar-refractivity contribution in [2.45, 2.75) is 13.3 Å². The third-order valence-corrected chi connectivity index (χ3v) is 3.67. The molecule has 0 radical (unpaired) electrons. The van der Waals surface area contributed by atoms with Crippen LogP contribution >= 0.6 is 0 Å². The van der Waals surface area contributed by atoms with Crippen LogP contribution in [0.1, 0.15) is 34.1 Å². The van der Waals surface area contributed by atoms with Crippen molar-refractivity contribution in [3.63, 3.8) is 0 Å². The Morgan fingerprint density at radius 3 is 2.07 bits per heavy atom. The number of hydrogen-bond acceptors (Lipinski definition) is 5. The van der Waals surface area contributed by atoms with Gasteiger partial charge in [-0.15, -0.1) is 0 Å². The fourth-order valence-corrected chi connectivity index (χ4v) is 2.24. The van der Waals surface area contributed by atoms with E-state index in [0.29, 0.717) is 29.1 Å². The van der Waals surface area contributed by atoms with Crippen molar-refractivity contribution < 1.29 is 19.1 Å². The maximum atomic E-state index is 12.0. The second kappa shape index (κ2) is 9.96. The van der Waals surface area contributed by atoms with Crippen LogP contribution in [0.25, 0.3) is 0 Å². The van der Waals surface area contributed by atoms with Crippen molar-refractivity contribution >= 4 is 29.2 Å². The van der Waals surface area contributed by atoms with Gasteiger partial charge in [-0.1, -0.05) is 6.92 Å². The van der Waals surface area contributed by atoms with Crippen LogP contribution in [-0.2, 0) is 9.53 Å². The lowest BCUT2D eigenvalue weighted by atomic mass is 10.2. The molecular formula is C20H23N3O4. The number of benzene rings is 2. The second-order valence-corrected chi connectivity index (χ2v) is 5.77. The van der Waals surface area contributed by atoms with Crippen molar-refractivity contribution in [3.05, 3.63) is 59.7 Å². The summed E-state index contributed by atoms with van der Waals surface area (Å²) in [6.45, 7) is 2.39. The fourth-order valence-electron chi connectivity index (χ4n) is 2.24. The summed E-state index contributed by atoms with van der Waals surface area (Å²) in [4.78, 5) is 35.3. The average Bonchev–Trinajstić information content (AvgIpc) is 2.70. The van der Waals surface area contributed by atoms with Crippen molar-refractivity contribution in [2.75, 3.05) is 30.8 Å². The SMILES string of the molecule is CCCOC(=O)c1ccc(NCC(=O)Nc2ccc(C(=O)NC)cc2)cc1. The number of rotatable bonds is 8. The van der Waals surface area contributed by atoms with E-state index in [9.17, 15) is 14.4 Å². The topological polar surface area (TPSA) is 96.5 Å². The predicted octanol–water partition coefficient (Wildman–Crippen LogP) is 2.66. The van der Waals surface area contributed by atoms with E-state index < -0.39 is 0 Å². The normalized spacial score (nSPS) is 10.0. The minimum Gasteiger partial charge on any atom is -0.462 e. The molecule has 0 atom stereocenters. The van der Waals surface area contributed by atoms with Gasteiger partial charge in [0.2, 0.25) is 5.91 Å². The summed E-state index contributed by atoms with van der Waals surface area (Å²) in [6.07, 6.45) is 0.773. The Morgan fingerprint density at radius 2 is 1.48 bits per heavy atom. The van der Waals surface area contributed by atoms with Crippen molar-refractivity contribution in [1.82, 2.24) is 5.32 Å². The number of hydrogen-bond donors (Lipinski definition) is 3. The van der Waals surface area contributed by atoms with Crippen LogP contribution in [-0.4, -0.2) is 38.0 Å². The monoisotopic (exact) mass is 369 g/mol. The highest BCUT2D eigenvalue weighted by molar-refractivity contribution is 5.96. The molecule has 142 valence electrons. The Bertz CT molecular complexity index is 786. The molecule has 0 bridgehead atoms. The van der Waals surface area contributed by atoms with Crippen LogP contribution in [0.4, 0.5) is 11.4 Å². The molecule has 0 unspecified atom stereocenters. The van der Waals surface area contributed by atoms with Gasteiger partial charge in [0.05, 0.1) is 18.7 Å². The molecule has 2 rings (SSSR count). The first-order valence-electron chi connectivity index (χ1n) is 8.66. The Kier molecular flexibility index (Phi) is 7.37. The smallest absolute Gasteiger partial charge is 0.338 e. The van der Waals surface area contributed by atoms with Gasteiger partial charge in [0.1, 0.15) is 0 Å². The lowest BCUT2D eigenvalue weighted by molar-refractivity contribution is -0.114. The van der Waals surface area contributed by atoms with Crippen LogP contribution in [0.5, 0.6) is 0 Å². The molecule has 0 spiro atoms. The van der Waals surface area contributed by atoms with E-state index in [1.54, 1.807) is 55.6 Å². The summed E-state index contributed by atoms with van der Waals surface area (Å²) in [7, 11) is 1.56. The van der Waals surface area contributed by atoms with Crippen molar-refractivity contribution in [3.8, 4) is 0 Å². The largest absolute Gasteiger partial charge is 0.462 e. The zero-order chi connectivity index (χ0) is 19.6. The third kappa shape index (κ3) is 6.14. The third-order valence-electron chi connectivity index (χ3n) is 3.67. The molecule has 2 aromatic carbocycles. The maximum Gasteiger partial charge on any atom is 0.338 e. The van der Waals surface area contributed by atoms with Crippen LogP contribution in [0.3, 0.4) is 0 Å². The summed E-state index contributed by atoms with van der Waals surface area (Å²) in [5.74, 6) is -0.771. The number of nitrogens with one attached hydrogen (secondary N) is 3. The average molecular weight is 369 g/mol. The summed E-state index contributed by atoms with van der Waals surface area (Å²) in [6, 6.07) is 13.3. The van der Waals surface area contributed by atoms with Crippen LogP contribution in [0.2, 0.25) is 0 Å². The van der Waals surface area contributed by atoms with Gasteiger partial charge in [-0.2, -0.15) is 0 Å². The first-order chi connectivity index (χ1) is 13.0. The van der Waals surface area contributed by atoms with E-state index >= 15 is 0 Å². The number of carbonyl (C=O) groups is 3. The molecule has 3 N–H and O–H groups in total. The highest BCUT2D eigenvalue weighted by Gasteiger charge is 2.08. The molecule has 7 nitrogen and oxygen atoms in total. The molecular weight excluding hydrogens is 346 g/mol. The number of anilines is 2. The van der Waals surface area contributed by atoms with E-state index in [4.69, 9.17) is 4.74 Å². The number of carbonyl (C=O) groups excluding carboxylic acids is 3. The standard InChI is InChI=1S/C20H23N3O4/c1-3-12-27-20(26)15-6-8-16(9-7-15)22-13-18(24)23-17-10-4-14(5-11-17)19(25)21-2/h4-11,22H,3,12-13H2,1-2H3,(H,21,25)(H,23,24). The molecule has 0 aliphatic heterocycles. The summed E-state index contributed by atoms with van der Waals surface area (Å²) >= 11 is 0. The molecule has 2 aromatic rings. The Morgan fingerprint density at radius 1 is 0.889 bits per heavy atom. The first kappa shape index (κ1) is 20.0. The van der Waals surface area contributed by atoms with E-state index in [0.717, 1.165) is 6.42 Å². The van der Waals surface area contributed by atoms with Gasteiger partial charge < -0.3 is 20.7 Å². The minimum absolute atomic E-state index is 0.0663. The Balaban J connectivity index is 1.83. The molecule has 2 amide bonds. The van der Waals surface area contributed by atoms with Crippen LogP contribution in [0, 0.1) is 0 Å². The van der Waals surface area contributed by atoms with Gasteiger partial charge in [-0.3, -0.25) is 9.59 Å². The van der Waals surface area contributed by atoms with Gasteiger partial charge in [0, 0.05) is 24.0 Å². The van der Waals surface area contributed by atoms with Gasteiger partial charge in [-0.05, 0) is 55.0 Å². The fraction of sp³-hybridized carbons (Fsp3) is 0.250. The molecule has 0 saturated carbocycles. The van der Waals surface area contributed by atoms with Crippen LogP contribution in [0.15, 0.2) is 48.5 Å². The summed E-state index contributed by atoms with van der Waals surface area (Å²) < 4.78 is 5.06. The number of amides is 2. The Hall–Kier alpha value is -3.35. The molecule has 0 heterocycles. The molecule has 0 aliphatic carbocycles. The zero-order valence-corrected chi connectivity index (χ0v) is 15.4. The van der Waals surface area contributed by atoms with E-state index in [1.807, 2.05) is 6.92 Å². The second-order valence-electron chi connectivity index (χ2n) is 5.77. The first-order valence-corrected chi connectivity index (χ1v) is 8.66. The van der Waals surface area contributed by atoms with Gasteiger partial charge in [0.15, 0.2) is 0 Å². The lowest BCUT2D eigenvalue weighted by Crippen LogP contribution is -2.22. The van der Waals surface area contributed by atoms with E-state index in [1.165, 1.54) is 0 Å². The molecule has 0 fully saturated rings. The predicted molar refractivity (Wildman–Crippen MR) is 104 cm³/mol. The summed E-state index contributed by atoms with van der Waals surface area (Å²) in [5, 5.41) is 8.26.